The Kier molecular flexibility index (Phi) is 6.51. The fraction of sp³-hybridized carbons (Fsp3) is 0.154. The number of amides is 1. The number of nitrogens with zero attached hydrogens (tertiary/aromatic N) is 1. The van der Waals surface area contributed by atoms with Crippen molar-refractivity contribution < 1.29 is 9.53 Å². The van der Waals surface area contributed by atoms with Crippen molar-refractivity contribution in [2.24, 2.45) is 0 Å². The number of carbonyl (C=O) groups excluding carboxylic acids is 1. The van der Waals surface area contributed by atoms with E-state index >= 15 is 0 Å². The van der Waals surface area contributed by atoms with Gasteiger partial charge in [-0.15, -0.1) is 0 Å². The molecule has 0 saturated heterocycles. The highest BCUT2D eigenvalue weighted by Crippen LogP contribution is 2.37. The van der Waals surface area contributed by atoms with Crippen molar-refractivity contribution in [1.29, 1.82) is 0 Å². The van der Waals surface area contributed by atoms with Gasteiger partial charge in [0.2, 0.25) is 0 Å². The number of hydrogen-bond acceptors (Lipinski definition) is 3. The third-order valence-electron chi connectivity index (χ3n) is 5.30. The minimum Gasteiger partial charge on any atom is -0.494 e. The van der Waals surface area contributed by atoms with E-state index in [0.717, 1.165) is 32.0 Å². The Morgan fingerprint density at radius 1 is 1.03 bits per heavy atom. The van der Waals surface area contributed by atoms with E-state index in [2.05, 4.69) is 34.8 Å². The number of ether oxygens (including phenoxy) is 1. The zero-order valence-electron chi connectivity index (χ0n) is 17.4. The number of pyridine rings is 1. The summed E-state index contributed by atoms with van der Waals surface area (Å²) >= 11 is 2.26. The molecule has 1 atom stereocenters. The summed E-state index contributed by atoms with van der Waals surface area (Å²) in [5.41, 5.74) is 3.93. The van der Waals surface area contributed by atoms with Crippen molar-refractivity contribution in [3.05, 3.63) is 93.6 Å². The molecular formula is C26H23IN2O2. The highest BCUT2D eigenvalue weighted by molar-refractivity contribution is 14.1. The van der Waals surface area contributed by atoms with Crippen LogP contribution in [-0.2, 0) is 0 Å². The van der Waals surface area contributed by atoms with E-state index in [1.165, 1.54) is 0 Å². The van der Waals surface area contributed by atoms with Crippen LogP contribution in [0.4, 0.5) is 0 Å². The molecule has 4 aromatic rings. The van der Waals surface area contributed by atoms with Gasteiger partial charge in [-0.25, -0.2) is 4.98 Å². The van der Waals surface area contributed by atoms with Gasteiger partial charge in [-0.2, -0.15) is 0 Å². The molecule has 0 bridgehead atoms. The summed E-state index contributed by atoms with van der Waals surface area (Å²) in [7, 11) is 1.59. The second-order valence-corrected chi connectivity index (χ2v) is 8.49. The molecule has 0 saturated carbocycles. The van der Waals surface area contributed by atoms with Gasteiger partial charge in [-0.1, -0.05) is 73.7 Å². The van der Waals surface area contributed by atoms with Gasteiger partial charge in [-0.3, -0.25) is 4.79 Å². The third-order valence-corrected chi connectivity index (χ3v) is 5.97. The molecule has 0 aliphatic rings. The summed E-state index contributed by atoms with van der Waals surface area (Å²) in [4.78, 5) is 18.5. The van der Waals surface area contributed by atoms with Crippen molar-refractivity contribution in [2.75, 3.05) is 7.11 Å². The van der Waals surface area contributed by atoms with Gasteiger partial charge in [0.05, 0.1) is 24.2 Å². The highest BCUT2D eigenvalue weighted by Gasteiger charge is 2.24. The van der Waals surface area contributed by atoms with Crippen LogP contribution in [0.15, 0.2) is 78.9 Å². The summed E-state index contributed by atoms with van der Waals surface area (Å²) in [6.07, 6.45) is 0.782. The Bertz CT molecular complexity index is 1210. The van der Waals surface area contributed by atoms with Crippen LogP contribution in [0.1, 0.15) is 35.3 Å². The average molecular weight is 522 g/mol. The molecule has 0 radical (unpaired) electrons. The van der Waals surface area contributed by atoms with Crippen LogP contribution in [0.2, 0.25) is 0 Å². The quantitative estimate of drug-likeness (QED) is 0.299. The van der Waals surface area contributed by atoms with Crippen molar-refractivity contribution in [2.45, 2.75) is 19.4 Å². The van der Waals surface area contributed by atoms with E-state index in [4.69, 9.17) is 9.72 Å². The molecule has 1 heterocycles. The van der Waals surface area contributed by atoms with Gasteiger partial charge in [0.15, 0.2) is 5.75 Å². The molecule has 0 spiro atoms. The lowest BCUT2D eigenvalue weighted by Gasteiger charge is -2.20. The first-order valence-corrected chi connectivity index (χ1v) is 11.3. The topological polar surface area (TPSA) is 51.2 Å². The molecule has 0 unspecified atom stereocenters. The second kappa shape index (κ2) is 9.47. The molecule has 1 aromatic heterocycles. The first kappa shape index (κ1) is 21.3. The van der Waals surface area contributed by atoms with Gasteiger partial charge >= 0.3 is 0 Å². The summed E-state index contributed by atoms with van der Waals surface area (Å²) in [6, 6.07) is 25.7. The maximum Gasteiger partial charge on any atom is 0.256 e. The average Bonchev–Trinajstić information content (AvgIpc) is 2.82. The molecule has 3 aromatic carbocycles. The molecule has 5 heteroatoms. The highest BCUT2D eigenvalue weighted by atomic mass is 127. The summed E-state index contributed by atoms with van der Waals surface area (Å²) in [5.74, 6) is 0.318. The maximum atomic E-state index is 13.6. The minimum absolute atomic E-state index is 0.0920. The Balaban J connectivity index is 1.88. The summed E-state index contributed by atoms with van der Waals surface area (Å²) in [6.45, 7) is 2.07. The first-order valence-electron chi connectivity index (χ1n) is 10.2. The molecule has 0 aliphatic heterocycles. The van der Waals surface area contributed by atoms with Crippen LogP contribution in [0.25, 0.3) is 22.2 Å². The SMILES string of the molecule is CC[C@H](NC(=O)c1c(OC)c(-c2ccccc2)nc2cc(I)ccc12)c1ccccc1. The van der Waals surface area contributed by atoms with Gasteiger partial charge in [0.25, 0.3) is 5.91 Å². The Morgan fingerprint density at radius 2 is 1.71 bits per heavy atom. The smallest absolute Gasteiger partial charge is 0.256 e. The van der Waals surface area contributed by atoms with Crippen LogP contribution < -0.4 is 10.1 Å². The zero-order chi connectivity index (χ0) is 21.8. The van der Waals surface area contributed by atoms with Crippen LogP contribution in [0.3, 0.4) is 0 Å². The van der Waals surface area contributed by atoms with E-state index in [0.29, 0.717) is 17.0 Å². The third kappa shape index (κ3) is 4.42. The Hall–Kier alpha value is -2.93. The molecule has 156 valence electrons. The van der Waals surface area contributed by atoms with E-state index in [1.807, 2.05) is 78.9 Å². The molecule has 4 rings (SSSR count). The maximum absolute atomic E-state index is 13.6. The molecule has 0 aliphatic carbocycles. The van der Waals surface area contributed by atoms with Gasteiger partial charge in [-0.05, 0) is 46.7 Å². The number of aromatic nitrogens is 1. The number of carbonyl (C=O) groups is 1. The van der Waals surface area contributed by atoms with Crippen molar-refractivity contribution in [1.82, 2.24) is 10.3 Å². The van der Waals surface area contributed by atoms with Crippen LogP contribution in [0.5, 0.6) is 5.75 Å². The number of methoxy groups -OCH3 is 1. The van der Waals surface area contributed by atoms with E-state index in [1.54, 1.807) is 7.11 Å². The largest absolute Gasteiger partial charge is 0.494 e. The minimum atomic E-state index is -0.168. The van der Waals surface area contributed by atoms with Gasteiger partial charge in [0, 0.05) is 14.5 Å². The monoisotopic (exact) mass is 522 g/mol. The van der Waals surface area contributed by atoms with Gasteiger partial charge in [0.1, 0.15) is 5.69 Å². The number of fused-ring (bicyclic) bond motifs is 1. The number of benzene rings is 3. The van der Waals surface area contributed by atoms with Crippen molar-refractivity contribution >= 4 is 39.4 Å². The number of nitrogens with one attached hydrogen (secondary N) is 1. The summed E-state index contributed by atoms with van der Waals surface area (Å²) in [5, 5.41) is 3.99. The molecule has 4 nitrogen and oxygen atoms in total. The normalized spacial score (nSPS) is 11.8. The lowest BCUT2D eigenvalue weighted by molar-refractivity contribution is 0.0934. The molecule has 1 amide bonds. The standard InChI is InChI=1S/C26H23IN2O2/c1-3-21(17-10-6-4-7-11-17)29-26(30)23-20-15-14-19(27)16-22(20)28-24(25(23)31-2)18-12-8-5-9-13-18/h4-16,21H,3H2,1-2H3,(H,29,30)/t21-/m0/s1. The Morgan fingerprint density at radius 3 is 2.35 bits per heavy atom. The fourth-order valence-corrected chi connectivity index (χ4v) is 4.25. The fourth-order valence-electron chi connectivity index (χ4n) is 3.77. The predicted molar refractivity (Wildman–Crippen MR) is 133 cm³/mol. The second-order valence-electron chi connectivity index (χ2n) is 7.24. The van der Waals surface area contributed by atoms with Gasteiger partial charge < -0.3 is 10.1 Å². The molecule has 0 fully saturated rings. The first-order chi connectivity index (χ1) is 15.1. The van der Waals surface area contributed by atoms with E-state index < -0.39 is 0 Å². The number of hydrogen-bond donors (Lipinski definition) is 1. The van der Waals surface area contributed by atoms with Crippen molar-refractivity contribution in [3.63, 3.8) is 0 Å². The Labute approximate surface area is 195 Å². The molecular weight excluding hydrogens is 499 g/mol. The van der Waals surface area contributed by atoms with E-state index in [-0.39, 0.29) is 11.9 Å². The lowest BCUT2D eigenvalue weighted by Crippen LogP contribution is -2.29. The van der Waals surface area contributed by atoms with Crippen molar-refractivity contribution in [3.8, 4) is 17.0 Å². The molecule has 1 N–H and O–H groups in total. The van der Waals surface area contributed by atoms with Crippen LogP contribution >= 0.6 is 22.6 Å². The number of halogens is 1. The van der Waals surface area contributed by atoms with Crippen LogP contribution in [0, 0.1) is 3.57 Å². The van der Waals surface area contributed by atoms with E-state index in [9.17, 15) is 4.79 Å². The lowest BCUT2D eigenvalue weighted by atomic mass is 10.00. The van der Waals surface area contributed by atoms with Crippen LogP contribution in [-0.4, -0.2) is 18.0 Å². The predicted octanol–water partition coefficient (Wildman–Crippen LogP) is 6.40. The zero-order valence-corrected chi connectivity index (χ0v) is 19.6. The number of rotatable bonds is 6. The summed E-state index contributed by atoms with van der Waals surface area (Å²) < 4.78 is 6.85. The molecule has 31 heavy (non-hydrogen) atoms.